The number of benzene rings is 1. The van der Waals surface area contributed by atoms with Crippen LogP contribution in [0.1, 0.15) is 33.0 Å². The third-order valence-electron chi connectivity index (χ3n) is 4.69. The lowest BCUT2D eigenvalue weighted by Gasteiger charge is -2.18. The van der Waals surface area contributed by atoms with Gasteiger partial charge in [0.1, 0.15) is 17.3 Å². The second kappa shape index (κ2) is 6.29. The minimum Gasteiger partial charge on any atom is -0.268 e. The van der Waals surface area contributed by atoms with Gasteiger partial charge >= 0.3 is 6.55 Å². The van der Waals surface area contributed by atoms with Crippen molar-refractivity contribution in [2.24, 2.45) is 0 Å². The lowest BCUT2D eigenvalue weighted by Crippen LogP contribution is -2.15. The molecule has 0 spiro atoms. The molecule has 0 unspecified atom stereocenters. The average molecular weight is 387 g/mol. The van der Waals surface area contributed by atoms with Crippen molar-refractivity contribution in [1.29, 1.82) is 0 Å². The van der Waals surface area contributed by atoms with E-state index in [-0.39, 0.29) is 11.2 Å². The number of fused-ring (bicyclic) bond motifs is 3. The summed E-state index contributed by atoms with van der Waals surface area (Å²) in [6.45, 7) is 2.72. The summed E-state index contributed by atoms with van der Waals surface area (Å²) in [5.74, 6) is -1.06. The maximum absolute atomic E-state index is 14.5. The van der Waals surface area contributed by atoms with Crippen LogP contribution in [0.25, 0.3) is 33.1 Å². The fourth-order valence-corrected chi connectivity index (χ4v) is 3.42. The van der Waals surface area contributed by atoms with Crippen LogP contribution in [0.3, 0.4) is 0 Å². The molecule has 0 amide bonds. The van der Waals surface area contributed by atoms with Crippen LogP contribution >= 0.6 is 0 Å². The molecule has 0 saturated heterocycles. The number of hydrogen-bond donors (Lipinski definition) is 0. The zero-order valence-electron chi connectivity index (χ0n) is 15.5. The Morgan fingerprint density at radius 2 is 1.64 bits per heavy atom. The van der Waals surface area contributed by atoms with Gasteiger partial charge in [-0.15, -0.1) is 0 Å². The Kier molecular flexibility index (Phi) is 4.14. The Balaban J connectivity index is 1.94. The van der Waals surface area contributed by atoms with Gasteiger partial charge in [-0.25, -0.2) is 13.8 Å². The quantitative estimate of drug-likeness (QED) is 0.382. The number of rotatable bonds is 2. The van der Waals surface area contributed by atoms with Crippen molar-refractivity contribution in [2.45, 2.75) is 32.7 Å². The maximum Gasteiger partial charge on any atom is 0.320 e. The second-order valence-electron chi connectivity index (χ2n) is 7.71. The van der Waals surface area contributed by atoms with Gasteiger partial charge in [0.25, 0.3) is 0 Å². The molecule has 0 bridgehead atoms. The number of hydrogen-bond acceptors (Lipinski definition) is 2. The van der Waals surface area contributed by atoms with E-state index >= 15 is 0 Å². The number of pyridine rings is 2. The number of aromatic nitrogens is 3. The topological polar surface area (TPSA) is 30.7 Å². The molecule has 3 nitrogen and oxygen atoms in total. The molecule has 0 N–H and O–H groups in total. The first-order valence-electron chi connectivity index (χ1n) is 8.70. The molecule has 0 radical (unpaired) electrons. The first-order chi connectivity index (χ1) is 13.2. The summed E-state index contributed by atoms with van der Waals surface area (Å²) in [4.78, 5) is 8.06. The molecule has 0 aliphatic rings. The summed E-state index contributed by atoms with van der Waals surface area (Å²) in [6.07, 6.45) is 2.43. The normalized spacial score (nSPS) is 12.4. The van der Waals surface area contributed by atoms with Crippen LogP contribution in [-0.2, 0) is 5.41 Å². The molecule has 4 aromatic rings. The van der Waals surface area contributed by atoms with Gasteiger partial charge in [-0.3, -0.25) is 9.55 Å². The van der Waals surface area contributed by atoms with Crippen LogP contribution in [-0.4, -0.2) is 14.5 Å². The molecule has 4 rings (SSSR count). The lowest BCUT2D eigenvalue weighted by atomic mass is 9.90. The van der Waals surface area contributed by atoms with E-state index in [4.69, 9.17) is 0 Å². The first kappa shape index (κ1) is 18.4. The smallest absolute Gasteiger partial charge is 0.268 e. The van der Waals surface area contributed by atoms with E-state index in [1.165, 1.54) is 24.4 Å². The van der Waals surface area contributed by atoms with Crippen LogP contribution in [0, 0.1) is 11.6 Å². The highest BCUT2D eigenvalue weighted by molar-refractivity contribution is 6.07. The first-order valence-corrected chi connectivity index (χ1v) is 8.70. The monoisotopic (exact) mass is 387 g/mol. The molecular weight excluding hydrogens is 370 g/mol. The van der Waals surface area contributed by atoms with Crippen LogP contribution in [0.2, 0.25) is 0 Å². The van der Waals surface area contributed by atoms with Gasteiger partial charge in [-0.05, 0) is 23.8 Å². The lowest BCUT2D eigenvalue weighted by molar-refractivity contribution is 0.0791. The summed E-state index contributed by atoms with van der Waals surface area (Å²) in [6, 6.07) is 7.34. The fourth-order valence-electron chi connectivity index (χ4n) is 3.42. The second-order valence-corrected chi connectivity index (χ2v) is 7.71. The minimum atomic E-state index is -2.86. The molecule has 0 aliphatic carbocycles. The van der Waals surface area contributed by atoms with Gasteiger partial charge in [-0.1, -0.05) is 32.9 Å². The highest BCUT2D eigenvalue weighted by Gasteiger charge is 2.22. The highest BCUT2D eigenvalue weighted by Crippen LogP contribution is 2.35. The Bertz CT molecular complexity index is 1210. The van der Waals surface area contributed by atoms with Crippen LogP contribution in [0.4, 0.5) is 17.6 Å². The third-order valence-corrected chi connectivity index (χ3v) is 4.69. The summed E-state index contributed by atoms with van der Waals surface area (Å²) >= 11 is 0. The molecule has 7 heteroatoms. The van der Waals surface area contributed by atoms with Crippen molar-refractivity contribution in [3.63, 3.8) is 0 Å². The van der Waals surface area contributed by atoms with E-state index in [0.29, 0.717) is 27.6 Å². The van der Waals surface area contributed by atoms with Gasteiger partial charge in [0.05, 0.1) is 17.4 Å². The molecule has 3 heterocycles. The van der Waals surface area contributed by atoms with E-state index < -0.39 is 23.6 Å². The molecule has 0 fully saturated rings. The number of nitrogens with zero attached hydrogens (tertiary/aromatic N) is 3. The van der Waals surface area contributed by atoms with E-state index in [2.05, 4.69) is 9.97 Å². The average Bonchev–Trinajstić information content (AvgIpc) is 2.93. The molecule has 0 atom stereocenters. The maximum atomic E-state index is 14.5. The zero-order valence-corrected chi connectivity index (χ0v) is 15.5. The molecular formula is C21H17F4N3. The van der Waals surface area contributed by atoms with Gasteiger partial charge in [0.15, 0.2) is 0 Å². The van der Waals surface area contributed by atoms with Crippen molar-refractivity contribution in [1.82, 2.24) is 14.5 Å². The van der Waals surface area contributed by atoms with E-state index in [0.717, 1.165) is 10.8 Å². The Morgan fingerprint density at radius 1 is 0.893 bits per heavy atom. The molecule has 0 saturated carbocycles. The number of halogens is 4. The fraction of sp³-hybridized carbons (Fsp3) is 0.238. The molecule has 28 heavy (non-hydrogen) atoms. The Morgan fingerprint density at radius 3 is 2.29 bits per heavy atom. The van der Waals surface area contributed by atoms with Crippen molar-refractivity contribution < 1.29 is 17.6 Å². The summed E-state index contributed by atoms with van der Waals surface area (Å²) in [5, 5.41) is 0.750. The molecule has 144 valence electrons. The predicted octanol–water partition coefficient (Wildman–Crippen LogP) is 6.22. The van der Waals surface area contributed by atoms with Crippen molar-refractivity contribution >= 4 is 21.9 Å². The van der Waals surface area contributed by atoms with E-state index in [9.17, 15) is 17.6 Å². The largest absolute Gasteiger partial charge is 0.320 e. The Hall–Kier alpha value is -2.96. The van der Waals surface area contributed by atoms with E-state index in [1.54, 1.807) is 12.1 Å². The highest BCUT2D eigenvalue weighted by atomic mass is 19.3. The van der Waals surface area contributed by atoms with Gasteiger partial charge in [0, 0.05) is 27.9 Å². The summed E-state index contributed by atoms with van der Waals surface area (Å²) < 4.78 is 56.3. The van der Waals surface area contributed by atoms with Crippen molar-refractivity contribution in [3.8, 4) is 11.1 Å². The SMILES string of the molecule is CC(C)(C)c1ncc(-c2ccc3c4cc(F)cnc4n(C(F)F)c3c2)cc1F. The molecule has 0 aliphatic heterocycles. The predicted molar refractivity (Wildman–Crippen MR) is 100 cm³/mol. The Labute approximate surface area is 158 Å². The van der Waals surface area contributed by atoms with Crippen LogP contribution < -0.4 is 0 Å². The zero-order chi connectivity index (χ0) is 20.2. The van der Waals surface area contributed by atoms with Crippen molar-refractivity contribution in [2.75, 3.05) is 0 Å². The molecule has 1 aromatic carbocycles. The minimum absolute atomic E-state index is 0.00376. The summed E-state index contributed by atoms with van der Waals surface area (Å²) in [7, 11) is 0. The third kappa shape index (κ3) is 2.91. The van der Waals surface area contributed by atoms with Crippen LogP contribution in [0.5, 0.6) is 0 Å². The van der Waals surface area contributed by atoms with Crippen molar-refractivity contribution in [3.05, 3.63) is 60.1 Å². The summed E-state index contributed by atoms with van der Waals surface area (Å²) in [5.41, 5.74) is 1.07. The van der Waals surface area contributed by atoms with Gasteiger partial charge in [0.2, 0.25) is 0 Å². The van der Waals surface area contributed by atoms with Gasteiger partial charge in [-0.2, -0.15) is 8.78 Å². The van der Waals surface area contributed by atoms with E-state index in [1.807, 2.05) is 20.8 Å². The molecule has 3 aromatic heterocycles. The van der Waals surface area contributed by atoms with Gasteiger partial charge < -0.3 is 0 Å². The number of alkyl halides is 2. The van der Waals surface area contributed by atoms with Crippen LogP contribution in [0.15, 0.2) is 42.7 Å². The standard InChI is InChI=1S/C21H17F4N3/c1-21(2,3)18-16(23)6-12(9-26-18)11-4-5-14-15-8-13(22)10-27-19(15)28(20(24)25)17(14)7-11/h4-10,20H,1-3H3.